The Morgan fingerprint density at radius 2 is 1.78 bits per heavy atom. The summed E-state index contributed by atoms with van der Waals surface area (Å²) in [5, 5.41) is 14.0. The molecule has 0 aromatic rings. The van der Waals surface area contributed by atoms with Crippen LogP contribution in [0.1, 0.15) is 138 Å². The number of allylic oxidation sites excluding steroid dienone is 5. The first kappa shape index (κ1) is 39.2. The van der Waals surface area contributed by atoms with E-state index >= 15 is 0 Å². The summed E-state index contributed by atoms with van der Waals surface area (Å²) in [6.07, 6.45) is 23.1. The van der Waals surface area contributed by atoms with Gasteiger partial charge in [-0.3, -0.25) is 9.69 Å². The van der Waals surface area contributed by atoms with Gasteiger partial charge in [0.1, 0.15) is 6.67 Å². The summed E-state index contributed by atoms with van der Waals surface area (Å²) >= 11 is 0. The van der Waals surface area contributed by atoms with Crippen molar-refractivity contribution in [3.63, 3.8) is 0 Å². The van der Waals surface area contributed by atoms with Crippen molar-refractivity contribution in [1.29, 1.82) is 0 Å². The van der Waals surface area contributed by atoms with Gasteiger partial charge in [-0.25, -0.2) is 4.39 Å². The number of nitrogens with zero attached hydrogens (tertiary/aromatic N) is 1. The molecule has 51 heavy (non-hydrogen) atoms. The number of ether oxygens (including phenoxy) is 1. The number of carbonyl (C=O) groups is 1. The molecule has 0 aromatic heterocycles. The number of fused-ring (bicyclic) bond motifs is 9. The number of likely N-dealkylation sites (tertiary alicyclic amines) is 1. The van der Waals surface area contributed by atoms with E-state index < -0.39 is 18.1 Å². The van der Waals surface area contributed by atoms with Crippen LogP contribution in [0.4, 0.5) is 4.39 Å². The average Bonchev–Trinajstić information content (AvgIpc) is 3.87. The molecule has 8 rings (SSSR count). The summed E-state index contributed by atoms with van der Waals surface area (Å²) in [5.74, 6) is 2.58. The maximum Gasteiger partial charge on any atom is 0.312 e. The number of carboxylic acids is 1. The van der Waals surface area contributed by atoms with Crippen LogP contribution in [-0.2, 0) is 9.53 Å². The second-order valence-corrected chi connectivity index (χ2v) is 18.9. The van der Waals surface area contributed by atoms with Crippen molar-refractivity contribution in [1.82, 2.24) is 10.2 Å². The molecule has 0 radical (unpaired) electrons. The highest BCUT2D eigenvalue weighted by Crippen LogP contribution is 2.75. The van der Waals surface area contributed by atoms with Gasteiger partial charge in [0.05, 0.1) is 18.1 Å². The number of aliphatic carboxylic acids is 1. The van der Waals surface area contributed by atoms with E-state index in [-0.39, 0.29) is 0 Å². The lowest BCUT2D eigenvalue weighted by Crippen LogP contribution is -2.67. The molecular weight excluding hydrogens is 636 g/mol. The molecule has 2 aliphatic heterocycles. The molecule has 8 aliphatic rings. The minimum atomic E-state index is -1.22. The first-order chi connectivity index (χ1) is 24.4. The molecule has 2 heterocycles. The van der Waals surface area contributed by atoms with Gasteiger partial charge >= 0.3 is 5.97 Å². The summed E-state index contributed by atoms with van der Waals surface area (Å²) in [5.41, 5.74) is 3.00. The van der Waals surface area contributed by atoms with E-state index in [0.717, 1.165) is 43.9 Å². The number of rotatable bonds is 7. The van der Waals surface area contributed by atoms with E-state index in [2.05, 4.69) is 56.6 Å². The fraction of sp³-hybridized carbons (Fsp3) is 0.844. The molecule has 2 bridgehead atoms. The van der Waals surface area contributed by atoms with Crippen LogP contribution >= 0.6 is 0 Å². The minimum absolute atomic E-state index is 0.310. The number of nitrogens with one attached hydrogen (secondary N) is 1. The van der Waals surface area contributed by atoms with Gasteiger partial charge in [0, 0.05) is 31.2 Å². The number of hydrogen-bond donors (Lipinski definition) is 2. The molecule has 6 aliphatic carbocycles. The highest BCUT2D eigenvalue weighted by Gasteiger charge is 2.68. The molecule has 2 N–H and O–H groups in total. The predicted molar refractivity (Wildman–Crippen MR) is 207 cm³/mol. The zero-order chi connectivity index (χ0) is 36.8. The summed E-state index contributed by atoms with van der Waals surface area (Å²) in [6, 6.07) is 0.663. The van der Waals surface area contributed by atoms with Crippen molar-refractivity contribution < 1.29 is 19.0 Å². The summed E-state index contributed by atoms with van der Waals surface area (Å²) < 4.78 is 19.7. The van der Waals surface area contributed by atoms with Crippen molar-refractivity contribution in [2.75, 3.05) is 32.9 Å². The molecule has 6 heteroatoms. The lowest BCUT2D eigenvalue weighted by Gasteiger charge is -2.71. The Hall–Kier alpha value is -1.50. The van der Waals surface area contributed by atoms with Crippen LogP contribution in [0.15, 0.2) is 36.0 Å². The largest absolute Gasteiger partial charge is 0.481 e. The normalized spacial score (nSPS) is 46.8. The van der Waals surface area contributed by atoms with Gasteiger partial charge in [0.2, 0.25) is 0 Å². The van der Waals surface area contributed by atoms with Gasteiger partial charge in [-0.05, 0) is 147 Å². The number of morpholine rings is 1. The van der Waals surface area contributed by atoms with Gasteiger partial charge in [0.25, 0.3) is 0 Å². The zero-order valence-electron chi connectivity index (χ0n) is 33.5. The third-order valence-corrected chi connectivity index (χ3v) is 17.1. The molecule has 2 saturated heterocycles. The van der Waals surface area contributed by atoms with Crippen LogP contribution in [-0.4, -0.2) is 66.6 Å². The summed E-state index contributed by atoms with van der Waals surface area (Å²) in [4.78, 5) is 14.6. The first-order valence-electron chi connectivity index (χ1n) is 21.3. The molecular formula is C45H73FN2O3. The van der Waals surface area contributed by atoms with E-state index in [1.54, 1.807) is 6.08 Å². The number of halogens is 1. The smallest absolute Gasteiger partial charge is 0.312 e. The Labute approximate surface area is 310 Å². The van der Waals surface area contributed by atoms with Crippen LogP contribution in [0.5, 0.6) is 0 Å². The topological polar surface area (TPSA) is 61.8 Å². The maximum atomic E-state index is 13.8. The average molecular weight is 709 g/mol. The third-order valence-electron chi connectivity index (χ3n) is 17.1. The Balaban J connectivity index is 0.000000853. The lowest BCUT2D eigenvalue weighted by atomic mass is 9.34. The van der Waals surface area contributed by atoms with E-state index in [1.165, 1.54) is 81.9 Å². The fourth-order valence-electron chi connectivity index (χ4n) is 14.3. The van der Waals surface area contributed by atoms with Gasteiger partial charge in [-0.15, -0.1) is 6.58 Å². The van der Waals surface area contributed by atoms with Crippen LogP contribution < -0.4 is 5.32 Å². The third kappa shape index (κ3) is 6.25. The zero-order valence-corrected chi connectivity index (χ0v) is 33.5. The van der Waals surface area contributed by atoms with Crippen molar-refractivity contribution in [2.24, 2.45) is 51.2 Å². The number of carboxylic acid groups (broad SMARTS) is 1. The minimum Gasteiger partial charge on any atom is -0.481 e. The quantitative estimate of drug-likeness (QED) is 0.258. The molecule has 5 nitrogen and oxygen atoms in total. The molecule has 0 spiro atoms. The molecule has 0 amide bonds. The Morgan fingerprint density at radius 3 is 2.41 bits per heavy atom. The molecule has 12 atom stereocenters. The van der Waals surface area contributed by atoms with E-state index in [4.69, 9.17) is 4.74 Å². The molecule has 9 unspecified atom stereocenters. The van der Waals surface area contributed by atoms with E-state index in [1.807, 2.05) is 20.8 Å². The van der Waals surface area contributed by atoms with Crippen LogP contribution in [0.3, 0.4) is 0 Å². The Kier molecular flexibility index (Phi) is 11.5. The van der Waals surface area contributed by atoms with E-state index in [9.17, 15) is 14.3 Å². The summed E-state index contributed by atoms with van der Waals surface area (Å²) in [6.45, 7) is 23.5. The molecule has 4 saturated carbocycles. The lowest BCUT2D eigenvalue weighted by molar-refractivity contribution is -0.212. The standard InChI is InChI=1S/C40H61FN2O3.C3H6.C2H6/c1-26-30(27-9-16-39(25-41,17-10-27)35(44)45)11-14-36(2)31(26)12-15-38(4)34(36)8-7-32-33-6-5-13-40(33,19-18-37(32,38)3)42-20-21-43-23-29-22-28(43)24-46-29;1-3-2;1-2/h9,11,26,28-29,31-34,42H,5-8,10,12-25H2,1-4H3,(H,44,45);3H,1H2,2H3;1-2H3/t26?,28?,29?,31?,32?,33-,34?,36?,37-,38?,39+,40?;;/m1../s1. The SMILES string of the molecule is C=CC.CC.CC1C(C2=CC[C@](CF)(C(=O)O)CC2)=CCC2(C)C1CCC1(C)C2CCC2[C@H]3CCCC3(NCCN3CC4CC3CO4)CC[C@]21C. The monoisotopic (exact) mass is 709 g/mol. The molecule has 6 fully saturated rings. The van der Waals surface area contributed by atoms with Crippen LogP contribution in [0.25, 0.3) is 0 Å². The van der Waals surface area contributed by atoms with Gasteiger partial charge in [-0.2, -0.15) is 0 Å². The first-order valence-corrected chi connectivity index (χ1v) is 21.3. The highest BCUT2D eigenvalue weighted by molar-refractivity contribution is 5.75. The van der Waals surface area contributed by atoms with Gasteiger partial charge in [-0.1, -0.05) is 66.2 Å². The number of hydrogen-bond acceptors (Lipinski definition) is 4. The second-order valence-electron chi connectivity index (χ2n) is 18.9. The fourth-order valence-corrected chi connectivity index (χ4v) is 14.3. The van der Waals surface area contributed by atoms with Crippen molar-refractivity contribution in [3.05, 3.63) is 36.0 Å². The predicted octanol–water partition coefficient (Wildman–Crippen LogP) is 10.2. The highest BCUT2D eigenvalue weighted by atomic mass is 19.1. The van der Waals surface area contributed by atoms with Crippen molar-refractivity contribution in [3.8, 4) is 0 Å². The second kappa shape index (κ2) is 15.0. The molecule has 0 aromatic carbocycles. The van der Waals surface area contributed by atoms with Gasteiger partial charge < -0.3 is 15.2 Å². The Morgan fingerprint density at radius 1 is 1.02 bits per heavy atom. The molecule has 288 valence electrons. The summed E-state index contributed by atoms with van der Waals surface area (Å²) in [7, 11) is 0. The van der Waals surface area contributed by atoms with Crippen molar-refractivity contribution in [2.45, 2.75) is 156 Å². The van der Waals surface area contributed by atoms with Gasteiger partial charge in [0.15, 0.2) is 0 Å². The van der Waals surface area contributed by atoms with Crippen LogP contribution in [0.2, 0.25) is 0 Å². The number of alkyl halides is 1. The van der Waals surface area contributed by atoms with Crippen molar-refractivity contribution >= 4 is 5.97 Å². The maximum absolute atomic E-state index is 13.8. The van der Waals surface area contributed by atoms with E-state index in [0.29, 0.717) is 65.0 Å². The Bertz CT molecular complexity index is 1350. The van der Waals surface area contributed by atoms with Crippen LogP contribution in [0, 0.1) is 51.2 Å².